The second kappa shape index (κ2) is 7.10. The first-order chi connectivity index (χ1) is 10.9. The summed E-state index contributed by atoms with van der Waals surface area (Å²) in [5, 5.41) is 9.00. The van der Waals surface area contributed by atoms with Crippen molar-refractivity contribution in [3.63, 3.8) is 0 Å². The van der Waals surface area contributed by atoms with Crippen molar-refractivity contribution in [2.24, 2.45) is 0 Å². The number of benzene rings is 1. The summed E-state index contributed by atoms with van der Waals surface area (Å²) in [5.41, 5.74) is 0.0759. The number of ether oxygens (including phenoxy) is 1. The molecule has 1 aromatic carbocycles. The fraction of sp³-hybridized carbons (Fsp3) is 0.467. The highest BCUT2D eigenvalue weighted by atomic mass is 32.2. The van der Waals surface area contributed by atoms with E-state index in [1.807, 2.05) is 0 Å². The van der Waals surface area contributed by atoms with Crippen molar-refractivity contribution < 1.29 is 27.9 Å². The third kappa shape index (κ3) is 3.89. The van der Waals surface area contributed by atoms with Gasteiger partial charge in [0.15, 0.2) is 15.9 Å². The molecule has 1 fully saturated rings. The molecular formula is C15H19NO6S. The Morgan fingerprint density at radius 1 is 1.35 bits per heavy atom. The average molecular weight is 341 g/mol. The van der Waals surface area contributed by atoms with E-state index in [-0.39, 0.29) is 35.9 Å². The number of amides is 1. The molecule has 1 atom stereocenters. The summed E-state index contributed by atoms with van der Waals surface area (Å²) < 4.78 is 29.7. The van der Waals surface area contributed by atoms with Crippen LogP contribution in [0.25, 0.3) is 0 Å². The Hall–Kier alpha value is -1.93. The molecular weight excluding hydrogens is 322 g/mol. The Balaban J connectivity index is 2.32. The van der Waals surface area contributed by atoms with Crippen LogP contribution in [0.1, 0.15) is 23.7 Å². The maximum Gasteiger partial charge on any atom is 0.334 e. The lowest BCUT2D eigenvalue weighted by molar-refractivity contribution is -0.154. The van der Waals surface area contributed by atoms with Gasteiger partial charge in [-0.1, -0.05) is 19.1 Å². The normalized spacial score (nSPS) is 18.7. The molecule has 126 valence electrons. The molecule has 1 aliphatic rings. The lowest BCUT2D eigenvalue weighted by Crippen LogP contribution is -2.48. The van der Waals surface area contributed by atoms with Crippen LogP contribution in [0.15, 0.2) is 29.2 Å². The highest BCUT2D eigenvalue weighted by molar-refractivity contribution is 7.91. The number of nitrogens with zero attached hydrogens (tertiary/aromatic N) is 1. The minimum Gasteiger partial charge on any atom is -0.479 e. The highest BCUT2D eigenvalue weighted by Gasteiger charge is 2.31. The van der Waals surface area contributed by atoms with Crippen LogP contribution < -0.4 is 0 Å². The van der Waals surface area contributed by atoms with Crippen LogP contribution in [-0.2, 0) is 19.4 Å². The van der Waals surface area contributed by atoms with Gasteiger partial charge in [-0.15, -0.1) is 0 Å². The number of carboxylic acid groups (broad SMARTS) is 1. The van der Waals surface area contributed by atoms with Crippen LogP contribution in [0.2, 0.25) is 0 Å². The number of carbonyl (C=O) groups is 2. The Bertz CT molecular complexity index is 700. The predicted molar refractivity (Wildman–Crippen MR) is 82.1 cm³/mol. The number of sulfone groups is 1. The summed E-state index contributed by atoms with van der Waals surface area (Å²) in [4.78, 5) is 25.0. The molecule has 8 heteroatoms. The van der Waals surface area contributed by atoms with Gasteiger partial charge in [0, 0.05) is 6.54 Å². The van der Waals surface area contributed by atoms with Gasteiger partial charge in [-0.05, 0) is 18.6 Å². The lowest BCUT2D eigenvalue weighted by atomic mass is 10.1. The zero-order chi connectivity index (χ0) is 17.0. The van der Waals surface area contributed by atoms with E-state index < -0.39 is 27.8 Å². The van der Waals surface area contributed by atoms with Gasteiger partial charge in [-0.3, -0.25) is 4.79 Å². The summed E-state index contributed by atoms with van der Waals surface area (Å²) in [7, 11) is -3.55. The second-order valence-electron chi connectivity index (χ2n) is 5.26. The van der Waals surface area contributed by atoms with Crippen molar-refractivity contribution in [3.8, 4) is 0 Å². The van der Waals surface area contributed by atoms with Crippen LogP contribution in [0.4, 0.5) is 0 Å². The molecule has 23 heavy (non-hydrogen) atoms. The summed E-state index contributed by atoms with van der Waals surface area (Å²) in [6.45, 7) is 1.98. The van der Waals surface area contributed by atoms with Gasteiger partial charge in [-0.25, -0.2) is 13.2 Å². The van der Waals surface area contributed by atoms with Gasteiger partial charge in [0.1, 0.15) is 0 Å². The maximum atomic E-state index is 12.7. The Morgan fingerprint density at radius 2 is 2.04 bits per heavy atom. The maximum absolute atomic E-state index is 12.7. The molecule has 0 spiro atoms. The van der Waals surface area contributed by atoms with E-state index in [0.717, 1.165) is 0 Å². The Labute approximate surface area is 134 Å². The molecule has 1 aliphatic heterocycles. The van der Waals surface area contributed by atoms with E-state index in [0.29, 0.717) is 6.42 Å². The van der Waals surface area contributed by atoms with Crippen LogP contribution in [-0.4, -0.2) is 61.9 Å². The van der Waals surface area contributed by atoms with Crippen molar-refractivity contribution in [2.75, 3.05) is 25.4 Å². The first-order valence-corrected chi connectivity index (χ1v) is 8.97. The van der Waals surface area contributed by atoms with E-state index in [9.17, 15) is 18.0 Å². The minimum atomic E-state index is -3.55. The first kappa shape index (κ1) is 17.4. The number of hydrogen-bond acceptors (Lipinski definition) is 5. The summed E-state index contributed by atoms with van der Waals surface area (Å²) in [6.07, 6.45) is -0.643. The van der Waals surface area contributed by atoms with Crippen molar-refractivity contribution in [3.05, 3.63) is 29.8 Å². The number of rotatable bonds is 5. The van der Waals surface area contributed by atoms with Crippen LogP contribution >= 0.6 is 0 Å². The number of hydrogen-bond donors (Lipinski definition) is 1. The molecule has 1 unspecified atom stereocenters. The van der Waals surface area contributed by atoms with Crippen LogP contribution in [0.3, 0.4) is 0 Å². The molecule has 1 heterocycles. The van der Waals surface area contributed by atoms with Gasteiger partial charge in [-0.2, -0.15) is 0 Å². The molecule has 1 aromatic rings. The van der Waals surface area contributed by atoms with Crippen LogP contribution in [0.5, 0.6) is 0 Å². The Morgan fingerprint density at radius 3 is 2.70 bits per heavy atom. The van der Waals surface area contributed by atoms with Gasteiger partial charge in [0.2, 0.25) is 0 Å². The van der Waals surface area contributed by atoms with E-state index in [1.54, 1.807) is 19.1 Å². The predicted octanol–water partition coefficient (Wildman–Crippen LogP) is 0.796. The fourth-order valence-corrected chi connectivity index (χ4v) is 3.98. The summed E-state index contributed by atoms with van der Waals surface area (Å²) in [5.74, 6) is -1.68. The monoisotopic (exact) mass is 341 g/mol. The fourth-order valence-electron chi connectivity index (χ4n) is 2.45. The first-order valence-electron chi connectivity index (χ1n) is 7.32. The summed E-state index contributed by atoms with van der Waals surface area (Å²) >= 11 is 0. The highest BCUT2D eigenvalue weighted by Crippen LogP contribution is 2.20. The van der Waals surface area contributed by atoms with Crippen molar-refractivity contribution in [1.82, 2.24) is 4.90 Å². The van der Waals surface area contributed by atoms with E-state index in [4.69, 9.17) is 9.84 Å². The van der Waals surface area contributed by atoms with E-state index in [2.05, 4.69) is 0 Å². The van der Waals surface area contributed by atoms with Gasteiger partial charge in [0.05, 0.1) is 29.4 Å². The van der Waals surface area contributed by atoms with E-state index in [1.165, 1.54) is 17.0 Å². The second-order valence-corrected chi connectivity index (χ2v) is 7.34. The number of aliphatic carboxylic acids is 1. The number of carboxylic acids is 1. The molecule has 0 aliphatic carbocycles. The SMILES string of the molecule is CCCS(=O)(=O)c1ccccc1C(=O)N1CCOC(C(=O)O)C1. The molecule has 7 nitrogen and oxygen atoms in total. The third-order valence-corrected chi connectivity index (χ3v) is 5.53. The average Bonchev–Trinajstić information content (AvgIpc) is 2.54. The lowest BCUT2D eigenvalue weighted by Gasteiger charge is -2.31. The number of morpholine rings is 1. The zero-order valence-electron chi connectivity index (χ0n) is 12.8. The van der Waals surface area contributed by atoms with Crippen molar-refractivity contribution in [2.45, 2.75) is 24.3 Å². The van der Waals surface area contributed by atoms with Crippen molar-refractivity contribution in [1.29, 1.82) is 0 Å². The summed E-state index contributed by atoms with van der Waals surface area (Å²) in [6, 6.07) is 6.02. The third-order valence-electron chi connectivity index (χ3n) is 3.55. The van der Waals surface area contributed by atoms with Gasteiger partial charge < -0.3 is 14.7 Å². The van der Waals surface area contributed by atoms with E-state index >= 15 is 0 Å². The number of carbonyl (C=O) groups excluding carboxylic acids is 1. The quantitative estimate of drug-likeness (QED) is 0.850. The molecule has 2 rings (SSSR count). The van der Waals surface area contributed by atoms with Crippen LogP contribution in [0, 0.1) is 0 Å². The van der Waals surface area contributed by atoms with Gasteiger partial charge in [0.25, 0.3) is 5.91 Å². The smallest absolute Gasteiger partial charge is 0.334 e. The largest absolute Gasteiger partial charge is 0.479 e. The molecule has 0 radical (unpaired) electrons. The molecule has 1 amide bonds. The molecule has 0 bridgehead atoms. The molecule has 1 N–H and O–H groups in total. The molecule has 0 aromatic heterocycles. The topological polar surface area (TPSA) is 101 Å². The zero-order valence-corrected chi connectivity index (χ0v) is 13.6. The van der Waals surface area contributed by atoms with Gasteiger partial charge >= 0.3 is 5.97 Å². The molecule has 1 saturated heterocycles. The Kier molecular flexibility index (Phi) is 5.38. The standard InChI is InChI=1S/C15H19NO6S/c1-2-9-23(20,21)13-6-4-3-5-11(13)14(17)16-7-8-22-12(10-16)15(18)19/h3-6,12H,2,7-10H2,1H3,(H,18,19). The molecule has 0 saturated carbocycles. The minimum absolute atomic E-state index is 0.00906. The van der Waals surface area contributed by atoms with Crippen molar-refractivity contribution >= 4 is 21.7 Å².